The Morgan fingerprint density at radius 3 is 2.26 bits per heavy atom. The van der Waals surface area contributed by atoms with E-state index >= 15 is 0 Å². The molecule has 0 atom stereocenters. The molecule has 0 spiro atoms. The van der Waals surface area contributed by atoms with Crippen LogP contribution in [0.4, 0.5) is 0 Å². The first-order chi connectivity index (χ1) is 9.38. The van der Waals surface area contributed by atoms with Crippen LogP contribution in [0.15, 0.2) is 4.99 Å². The molecule has 0 radical (unpaired) electrons. The zero-order valence-electron chi connectivity index (χ0n) is 12.9. The third-order valence-corrected chi connectivity index (χ3v) is 3.93. The number of aliphatic imine (C=N–C) groups is 1. The highest BCUT2D eigenvalue weighted by molar-refractivity contribution is 5.83. The first-order valence-corrected chi connectivity index (χ1v) is 8.36. The Morgan fingerprint density at radius 1 is 1.00 bits per heavy atom. The van der Waals surface area contributed by atoms with Crippen LogP contribution in [0.1, 0.15) is 71.1 Å². The predicted molar refractivity (Wildman–Crippen MR) is 84.8 cm³/mol. The zero-order valence-corrected chi connectivity index (χ0v) is 12.9. The van der Waals surface area contributed by atoms with Gasteiger partial charge in [0.2, 0.25) is 0 Å². The van der Waals surface area contributed by atoms with E-state index in [-0.39, 0.29) is 0 Å². The van der Waals surface area contributed by atoms with Crippen LogP contribution in [-0.2, 0) is 0 Å². The third-order valence-electron chi connectivity index (χ3n) is 3.93. The first kappa shape index (κ1) is 16.5. The maximum absolute atomic E-state index is 5.62. The van der Waals surface area contributed by atoms with E-state index < -0.39 is 0 Å². The van der Waals surface area contributed by atoms with Crippen molar-refractivity contribution in [2.45, 2.75) is 71.1 Å². The molecule has 3 heteroatoms. The number of hydrogen-bond acceptors (Lipinski definition) is 3. The Balaban J connectivity index is 1.90. The molecule has 1 heterocycles. The lowest BCUT2D eigenvalue weighted by molar-refractivity contribution is 0.456. The third kappa shape index (κ3) is 7.56. The monoisotopic (exact) mass is 267 g/mol. The van der Waals surface area contributed by atoms with Crippen molar-refractivity contribution in [3.05, 3.63) is 0 Å². The summed E-state index contributed by atoms with van der Waals surface area (Å²) in [6.07, 6.45) is 13.7. The van der Waals surface area contributed by atoms with E-state index in [2.05, 4.69) is 16.8 Å². The van der Waals surface area contributed by atoms with Gasteiger partial charge < -0.3 is 10.6 Å². The predicted octanol–water partition coefficient (Wildman–Crippen LogP) is 3.58. The minimum atomic E-state index is 0.747. The van der Waals surface area contributed by atoms with Crippen molar-refractivity contribution in [3.8, 4) is 0 Å². The average molecular weight is 267 g/mol. The fourth-order valence-electron chi connectivity index (χ4n) is 2.76. The van der Waals surface area contributed by atoms with E-state index in [0.29, 0.717) is 0 Å². The fraction of sp³-hybridized carbons (Fsp3) is 0.938. The quantitative estimate of drug-likeness (QED) is 0.549. The fourth-order valence-corrected chi connectivity index (χ4v) is 2.76. The molecule has 0 saturated carbocycles. The van der Waals surface area contributed by atoms with Gasteiger partial charge in [0.05, 0.1) is 12.4 Å². The number of hydrogen-bond donors (Lipinski definition) is 1. The maximum Gasteiger partial charge on any atom is 0.0990 e. The molecule has 0 unspecified atom stereocenters. The average Bonchev–Trinajstić information content (AvgIpc) is 2.85. The first-order valence-electron chi connectivity index (χ1n) is 8.36. The van der Waals surface area contributed by atoms with Crippen molar-refractivity contribution in [3.63, 3.8) is 0 Å². The smallest absolute Gasteiger partial charge is 0.0990 e. The summed E-state index contributed by atoms with van der Waals surface area (Å²) in [6.45, 7) is 6.07. The largest absolute Gasteiger partial charge is 0.357 e. The molecule has 0 saturated heterocycles. The highest BCUT2D eigenvalue weighted by atomic mass is 15.2. The van der Waals surface area contributed by atoms with Crippen LogP contribution in [-0.4, -0.2) is 36.9 Å². The molecular formula is C16H33N3. The lowest BCUT2D eigenvalue weighted by Gasteiger charge is -2.19. The summed E-state index contributed by atoms with van der Waals surface area (Å²) in [5.41, 5.74) is 5.62. The van der Waals surface area contributed by atoms with Crippen molar-refractivity contribution in [1.29, 1.82) is 0 Å². The van der Waals surface area contributed by atoms with Crippen LogP contribution in [0.5, 0.6) is 0 Å². The normalized spacial score (nSPS) is 15.1. The molecule has 1 aliphatic rings. The molecular weight excluding hydrogens is 234 g/mol. The van der Waals surface area contributed by atoms with Gasteiger partial charge in [-0.15, -0.1) is 0 Å². The molecule has 3 nitrogen and oxygen atoms in total. The molecule has 19 heavy (non-hydrogen) atoms. The van der Waals surface area contributed by atoms with Crippen LogP contribution in [0.2, 0.25) is 0 Å². The van der Waals surface area contributed by atoms with Gasteiger partial charge in [0, 0.05) is 26.1 Å². The van der Waals surface area contributed by atoms with Crippen molar-refractivity contribution in [2.75, 3.05) is 26.2 Å². The van der Waals surface area contributed by atoms with Gasteiger partial charge in [-0.05, 0) is 6.42 Å². The zero-order chi connectivity index (χ0) is 13.8. The van der Waals surface area contributed by atoms with Crippen LogP contribution in [0.25, 0.3) is 0 Å². The summed E-state index contributed by atoms with van der Waals surface area (Å²) in [4.78, 5) is 6.96. The van der Waals surface area contributed by atoms with Gasteiger partial charge in [0.15, 0.2) is 0 Å². The number of nitrogens with two attached hydrogens (primary N) is 1. The van der Waals surface area contributed by atoms with Crippen LogP contribution < -0.4 is 5.73 Å². The van der Waals surface area contributed by atoms with Gasteiger partial charge in [-0.1, -0.05) is 58.3 Å². The van der Waals surface area contributed by atoms with Crippen molar-refractivity contribution >= 4 is 5.84 Å². The minimum absolute atomic E-state index is 0.747. The standard InChI is InChI=1S/C16H33N3/c1-2-3-4-5-6-7-8-9-10-11-16-18-13-15-19(16)14-12-17/h2-15,17H2,1H3. The molecule has 1 rings (SSSR count). The van der Waals surface area contributed by atoms with Gasteiger partial charge in [0.1, 0.15) is 0 Å². The van der Waals surface area contributed by atoms with Gasteiger partial charge in [0.25, 0.3) is 0 Å². The van der Waals surface area contributed by atoms with Crippen molar-refractivity contribution in [1.82, 2.24) is 4.90 Å². The maximum atomic E-state index is 5.62. The Hall–Kier alpha value is -0.570. The summed E-state index contributed by atoms with van der Waals surface area (Å²) < 4.78 is 0. The van der Waals surface area contributed by atoms with Crippen molar-refractivity contribution in [2.24, 2.45) is 10.7 Å². The molecule has 112 valence electrons. The lowest BCUT2D eigenvalue weighted by Crippen LogP contribution is -2.32. The Kier molecular flexibility index (Phi) is 9.78. The highest BCUT2D eigenvalue weighted by Crippen LogP contribution is 2.13. The summed E-state index contributed by atoms with van der Waals surface area (Å²) in [7, 11) is 0. The lowest BCUT2D eigenvalue weighted by atomic mass is 10.1. The van der Waals surface area contributed by atoms with Gasteiger partial charge in [-0.25, -0.2) is 0 Å². The van der Waals surface area contributed by atoms with E-state index in [9.17, 15) is 0 Å². The molecule has 0 aromatic rings. The Labute approximate surface area is 119 Å². The molecule has 0 aromatic heterocycles. The topological polar surface area (TPSA) is 41.6 Å². The second-order valence-electron chi connectivity index (χ2n) is 5.65. The summed E-state index contributed by atoms with van der Waals surface area (Å²) in [5, 5.41) is 0. The van der Waals surface area contributed by atoms with E-state index in [1.807, 2.05) is 0 Å². The number of unbranched alkanes of at least 4 members (excludes halogenated alkanes) is 8. The molecule has 0 amide bonds. The van der Waals surface area contributed by atoms with E-state index in [4.69, 9.17) is 5.73 Å². The van der Waals surface area contributed by atoms with Crippen LogP contribution in [0, 0.1) is 0 Å². The SMILES string of the molecule is CCCCCCCCCCCC1=NCCN1CCN. The van der Waals surface area contributed by atoms with Gasteiger partial charge in [-0.2, -0.15) is 0 Å². The van der Waals surface area contributed by atoms with Crippen molar-refractivity contribution < 1.29 is 0 Å². The summed E-state index contributed by atoms with van der Waals surface area (Å²) in [5.74, 6) is 1.31. The molecule has 0 aromatic carbocycles. The van der Waals surface area contributed by atoms with Crippen LogP contribution in [0.3, 0.4) is 0 Å². The van der Waals surface area contributed by atoms with Gasteiger partial charge in [-0.3, -0.25) is 4.99 Å². The molecule has 0 aliphatic carbocycles. The number of rotatable bonds is 12. The molecule has 0 fully saturated rings. The van der Waals surface area contributed by atoms with Gasteiger partial charge >= 0.3 is 0 Å². The summed E-state index contributed by atoms with van der Waals surface area (Å²) in [6, 6.07) is 0. The van der Waals surface area contributed by atoms with Crippen LogP contribution >= 0.6 is 0 Å². The van der Waals surface area contributed by atoms with E-state index in [1.165, 1.54) is 63.6 Å². The second kappa shape index (κ2) is 11.3. The Morgan fingerprint density at radius 2 is 1.63 bits per heavy atom. The molecule has 2 N–H and O–H groups in total. The minimum Gasteiger partial charge on any atom is -0.357 e. The summed E-state index contributed by atoms with van der Waals surface area (Å²) >= 11 is 0. The Bertz CT molecular complexity index is 238. The molecule has 0 bridgehead atoms. The van der Waals surface area contributed by atoms with E-state index in [1.54, 1.807) is 0 Å². The molecule has 1 aliphatic heterocycles. The number of amidine groups is 1. The number of nitrogens with zero attached hydrogens (tertiary/aromatic N) is 2. The van der Waals surface area contributed by atoms with E-state index in [0.717, 1.165) is 32.6 Å². The highest BCUT2D eigenvalue weighted by Gasteiger charge is 2.14. The second-order valence-corrected chi connectivity index (χ2v) is 5.65.